The van der Waals surface area contributed by atoms with Gasteiger partial charge in [0.25, 0.3) is 0 Å². The van der Waals surface area contributed by atoms with Crippen LogP contribution < -0.4 is 0 Å². The average Bonchev–Trinajstić information content (AvgIpc) is 2.14. The Morgan fingerprint density at radius 3 is 1.29 bits per heavy atom. The van der Waals surface area contributed by atoms with E-state index in [9.17, 15) is 0 Å². The topological polar surface area (TPSA) is 9.72 Å². The number of hydrogen-bond acceptors (Lipinski definition) is 3. The summed E-state index contributed by atoms with van der Waals surface area (Å²) < 4.78 is 0. The highest BCUT2D eigenvalue weighted by atomic mass is 15.5. The molecule has 0 aromatic heterocycles. The molecule has 0 bridgehead atoms. The summed E-state index contributed by atoms with van der Waals surface area (Å²) in [5, 5.41) is 0. The first-order chi connectivity index (χ1) is 7.51. The number of hydrogen-bond donors (Lipinski definition) is 0. The number of rotatable bonds is 1. The molecule has 102 valence electrons. The molecule has 1 heterocycles. The van der Waals surface area contributed by atoms with Crippen LogP contribution >= 0.6 is 0 Å². The van der Waals surface area contributed by atoms with Crippen LogP contribution in [-0.2, 0) is 0 Å². The third kappa shape index (κ3) is 3.94. The van der Waals surface area contributed by atoms with Crippen molar-refractivity contribution in [1.82, 2.24) is 14.7 Å². The van der Waals surface area contributed by atoms with Crippen LogP contribution in [0.1, 0.15) is 55.4 Å². The first-order valence-electron chi connectivity index (χ1n) is 6.76. The van der Waals surface area contributed by atoms with Gasteiger partial charge < -0.3 is 0 Å². The van der Waals surface area contributed by atoms with Crippen molar-refractivity contribution in [3.8, 4) is 0 Å². The van der Waals surface area contributed by atoms with Gasteiger partial charge in [-0.2, -0.15) is 0 Å². The summed E-state index contributed by atoms with van der Waals surface area (Å²) in [6.45, 7) is 21.6. The van der Waals surface area contributed by atoms with Gasteiger partial charge in [0.1, 0.15) is 0 Å². The summed E-state index contributed by atoms with van der Waals surface area (Å²) in [6, 6.07) is 0.602. The summed E-state index contributed by atoms with van der Waals surface area (Å²) in [6.07, 6.45) is 0. The molecule has 1 fully saturated rings. The lowest BCUT2D eigenvalue weighted by atomic mass is 10.0. The van der Waals surface area contributed by atoms with E-state index in [1.165, 1.54) is 0 Å². The van der Waals surface area contributed by atoms with Gasteiger partial charge in [-0.15, -0.1) is 0 Å². The van der Waals surface area contributed by atoms with Crippen LogP contribution in [0.3, 0.4) is 0 Å². The monoisotopic (exact) mass is 241 g/mol. The fourth-order valence-corrected chi connectivity index (χ4v) is 1.95. The lowest BCUT2D eigenvalue weighted by Crippen LogP contribution is -2.64. The van der Waals surface area contributed by atoms with E-state index in [1.54, 1.807) is 0 Å². The lowest BCUT2D eigenvalue weighted by molar-refractivity contribution is -0.111. The molecule has 0 atom stereocenters. The first-order valence-corrected chi connectivity index (χ1v) is 6.76. The number of nitrogens with zero attached hydrogens (tertiary/aromatic N) is 3. The maximum absolute atomic E-state index is 2.56. The van der Waals surface area contributed by atoms with Crippen LogP contribution in [0.25, 0.3) is 0 Å². The molecule has 0 unspecified atom stereocenters. The fraction of sp³-hybridized carbons (Fsp3) is 1.00. The van der Waals surface area contributed by atoms with Crippen molar-refractivity contribution in [2.24, 2.45) is 0 Å². The van der Waals surface area contributed by atoms with E-state index in [2.05, 4.69) is 70.1 Å². The molecule has 0 aromatic rings. The fourth-order valence-electron chi connectivity index (χ4n) is 1.95. The molecule has 17 heavy (non-hydrogen) atoms. The standard InChI is InChI=1S/C14H31N3/c1-12(2)15-9-16(13(3,4)5)11-17(10-15)14(6,7)8/h12H,9-11H2,1-8H3. The minimum atomic E-state index is 0.233. The van der Waals surface area contributed by atoms with Crippen molar-refractivity contribution in [2.45, 2.75) is 72.5 Å². The van der Waals surface area contributed by atoms with Gasteiger partial charge in [0.2, 0.25) is 0 Å². The second-order valence-electron chi connectivity index (χ2n) is 7.53. The first kappa shape index (κ1) is 14.9. The lowest BCUT2D eigenvalue weighted by Gasteiger charge is -2.52. The van der Waals surface area contributed by atoms with Gasteiger partial charge in [0.15, 0.2) is 0 Å². The molecule has 1 aliphatic rings. The Morgan fingerprint density at radius 1 is 0.706 bits per heavy atom. The molecule has 1 aliphatic heterocycles. The molecule has 1 saturated heterocycles. The second-order valence-corrected chi connectivity index (χ2v) is 7.53. The molecule has 0 spiro atoms. The van der Waals surface area contributed by atoms with Crippen molar-refractivity contribution in [2.75, 3.05) is 20.0 Å². The zero-order valence-corrected chi connectivity index (χ0v) is 13.0. The Morgan fingerprint density at radius 2 is 1.06 bits per heavy atom. The van der Waals surface area contributed by atoms with Crippen LogP contribution in [0.2, 0.25) is 0 Å². The van der Waals surface area contributed by atoms with Crippen LogP contribution in [-0.4, -0.2) is 51.8 Å². The third-order valence-electron chi connectivity index (χ3n) is 3.67. The summed E-state index contributed by atoms with van der Waals surface area (Å²) in [4.78, 5) is 7.66. The predicted molar refractivity (Wildman–Crippen MR) is 74.8 cm³/mol. The van der Waals surface area contributed by atoms with Crippen molar-refractivity contribution in [1.29, 1.82) is 0 Å². The molecular weight excluding hydrogens is 210 g/mol. The summed E-state index contributed by atoms with van der Waals surface area (Å²) in [7, 11) is 0. The van der Waals surface area contributed by atoms with Crippen molar-refractivity contribution in [3.63, 3.8) is 0 Å². The van der Waals surface area contributed by atoms with Gasteiger partial charge in [0.05, 0.1) is 20.0 Å². The van der Waals surface area contributed by atoms with E-state index in [0.717, 1.165) is 20.0 Å². The van der Waals surface area contributed by atoms with Gasteiger partial charge in [-0.1, -0.05) is 0 Å². The highest BCUT2D eigenvalue weighted by Gasteiger charge is 2.35. The molecule has 0 saturated carbocycles. The third-order valence-corrected chi connectivity index (χ3v) is 3.67. The molecule has 3 nitrogen and oxygen atoms in total. The maximum Gasteiger partial charge on any atom is 0.0540 e. The molecule has 0 aliphatic carbocycles. The molecule has 0 N–H and O–H groups in total. The van der Waals surface area contributed by atoms with Crippen molar-refractivity contribution in [3.05, 3.63) is 0 Å². The Hall–Kier alpha value is -0.120. The second kappa shape index (κ2) is 4.87. The quantitative estimate of drug-likeness (QED) is 0.699. The Labute approximate surface area is 108 Å². The molecular formula is C14H31N3. The van der Waals surface area contributed by atoms with Crippen molar-refractivity contribution >= 4 is 0 Å². The van der Waals surface area contributed by atoms with Gasteiger partial charge in [-0.05, 0) is 55.4 Å². The molecule has 0 radical (unpaired) electrons. The minimum Gasteiger partial charge on any atom is -0.275 e. The van der Waals surface area contributed by atoms with E-state index >= 15 is 0 Å². The van der Waals surface area contributed by atoms with Gasteiger partial charge in [-0.3, -0.25) is 14.7 Å². The van der Waals surface area contributed by atoms with E-state index in [4.69, 9.17) is 0 Å². The van der Waals surface area contributed by atoms with Crippen molar-refractivity contribution < 1.29 is 0 Å². The molecule has 3 heteroatoms. The van der Waals surface area contributed by atoms with Gasteiger partial charge in [-0.25, -0.2) is 0 Å². The SMILES string of the molecule is CC(C)N1CN(C(C)(C)C)CN(C(C)(C)C)C1. The van der Waals surface area contributed by atoms with Gasteiger partial charge in [0, 0.05) is 17.1 Å². The molecule has 0 aromatic carbocycles. The van der Waals surface area contributed by atoms with E-state index in [-0.39, 0.29) is 11.1 Å². The predicted octanol–water partition coefficient (Wildman–Crippen LogP) is 2.78. The van der Waals surface area contributed by atoms with Crippen LogP contribution in [0.4, 0.5) is 0 Å². The minimum absolute atomic E-state index is 0.233. The van der Waals surface area contributed by atoms with Crippen LogP contribution in [0.5, 0.6) is 0 Å². The largest absolute Gasteiger partial charge is 0.275 e. The normalized spacial score (nSPS) is 22.4. The Kier molecular flexibility index (Phi) is 4.28. The average molecular weight is 241 g/mol. The Bertz CT molecular complexity index is 225. The maximum atomic E-state index is 2.56. The smallest absolute Gasteiger partial charge is 0.0540 e. The van der Waals surface area contributed by atoms with Crippen LogP contribution in [0.15, 0.2) is 0 Å². The van der Waals surface area contributed by atoms with E-state index in [0.29, 0.717) is 6.04 Å². The molecule has 0 amide bonds. The van der Waals surface area contributed by atoms with Crippen LogP contribution in [0, 0.1) is 0 Å². The summed E-state index contributed by atoms with van der Waals surface area (Å²) in [5.41, 5.74) is 0.466. The summed E-state index contributed by atoms with van der Waals surface area (Å²) >= 11 is 0. The van der Waals surface area contributed by atoms with E-state index in [1.807, 2.05) is 0 Å². The Balaban J connectivity index is 2.84. The zero-order chi connectivity index (χ0) is 13.4. The summed E-state index contributed by atoms with van der Waals surface area (Å²) in [5.74, 6) is 0. The highest BCUT2D eigenvalue weighted by Crippen LogP contribution is 2.24. The molecule has 1 rings (SSSR count). The van der Waals surface area contributed by atoms with E-state index < -0.39 is 0 Å². The zero-order valence-electron chi connectivity index (χ0n) is 13.0. The highest BCUT2D eigenvalue weighted by molar-refractivity contribution is 4.85. The van der Waals surface area contributed by atoms with Gasteiger partial charge >= 0.3 is 0 Å².